The molecule has 5 heteroatoms. The predicted molar refractivity (Wildman–Crippen MR) is 86.3 cm³/mol. The molecular weight excluding hydrogens is 317 g/mol. The van der Waals surface area contributed by atoms with Gasteiger partial charge in [-0.05, 0) is 41.8 Å². The number of carbonyl (C=O) groups excluding carboxylic acids is 1. The number of benzene rings is 2. The number of aryl methyl sites for hydroxylation is 1. The van der Waals surface area contributed by atoms with E-state index >= 15 is 0 Å². The number of ether oxygens (including phenoxy) is 1. The van der Waals surface area contributed by atoms with Gasteiger partial charge in [-0.15, -0.1) is 0 Å². The van der Waals surface area contributed by atoms with E-state index in [2.05, 4.69) is 0 Å². The minimum atomic E-state index is -4.41. The van der Waals surface area contributed by atoms with Gasteiger partial charge in [0.1, 0.15) is 0 Å². The highest BCUT2D eigenvalue weighted by molar-refractivity contribution is 5.87. The molecule has 0 radical (unpaired) electrons. The van der Waals surface area contributed by atoms with Crippen LogP contribution in [-0.4, -0.2) is 12.6 Å². The second-order valence-corrected chi connectivity index (χ2v) is 5.37. The van der Waals surface area contributed by atoms with Crippen LogP contribution in [0.4, 0.5) is 13.2 Å². The van der Waals surface area contributed by atoms with Gasteiger partial charge in [-0.25, -0.2) is 4.79 Å². The van der Waals surface area contributed by atoms with Gasteiger partial charge in [0, 0.05) is 12.5 Å². The first kappa shape index (κ1) is 17.8. The van der Waals surface area contributed by atoms with E-state index < -0.39 is 17.7 Å². The zero-order valence-electron chi connectivity index (χ0n) is 13.1. The van der Waals surface area contributed by atoms with Crippen LogP contribution in [0.25, 0.3) is 6.08 Å². The monoisotopic (exact) mass is 334 g/mol. The molecule has 2 rings (SSSR count). The Morgan fingerprint density at radius 2 is 1.83 bits per heavy atom. The summed E-state index contributed by atoms with van der Waals surface area (Å²) in [6, 6.07) is 13.2. The molecule has 0 bridgehead atoms. The minimum Gasteiger partial charge on any atom is -0.462 e. The SMILES string of the molecule is Cc1cc(/C=C/C(=O)OCCc2ccccc2)cc(C(F)(F)F)c1. The number of rotatable bonds is 5. The Hall–Kier alpha value is -2.56. The van der Waals surface area contributed by atoms with Gasteiger partial charge in [0.2, 0.25) is 0 Å². The van der Waals surface area contributed by atoms with E-state index in [1.165, 1.54) is 6.08 Å². The Kier molecular flexibility index (Phi) is 5.79. The molecule has 0 aromatic heterocycles. The maximum absolute atomic E-state index is 12.8. The molecule has 0 saturated heterocycles. The molecule has 0 aliphatic rings. The quantitative estimate of drug-likeness (QED) is 0.579. The Morgan fingerprint density at radius 1 is 1.12 bits per heavy atom. The van der Waals surface area contributed by atoms with Gasteiger partial charge >= 0.3 is 12.1 Å². The van der Waals surface area contributed by atoms with Gasteiger partial charge in [-0.2, -0.15) is 13.2 Å². The molecule has 0 heterocycles. The van der Waals surface area contributed by atoms with Crippen molar-refractivity contribution in [2.24, 2.45) is 0 Å². The molecule has 126 valence electrons. The average Bonchev–Trinajstić information content (AvgIpc) is 2.53. The van der Waals surface area contributed by atoms with Crippen molar-refractivity contribution in [3.8, 4) is 0 Å². The maximum Gasteiger partial charge on any atom is 0.416 e. The molecule has 0 N–H and O–H groups in total. The van der Waals surface area contributed by atoms with E-state index in [1.54, 1.807) is 13.0 Å². The van der Waals surface area contributed by atoms with Crippen molar-refractivity contribution in [2.75, 3.05) is 6.61 Å². The summed E-state index contributed by atoms with van der Waals surface area (Å²) in [6.07, 6.45) is -1.36. The Labute approximate surface area is 138 Å². The normalized spacial score (nSPS) is 11.7. The number of hydrogen-bond acceptors (Lipinski definition) is 2. The minimum absolute atomic E-state index is 0.217. The molecule has 0 unspecified atom stereocenters. The fourth-order valence-corrected chi connectivity index (χ4v) is 2.20. The molecular formula is C19H17F3O2. The third-order valence-electron chi connectivity index (χ3n) is 3.32. The zero-order valence-corrected chi connectivity index (χ0v) is 13.1. The van der Waals surface area contributed by atoms with Crippen LogP contribution in [0.5, 0.6) is 0 Å². The number of esters is 1. The first-order chi connectivity index (χ1) is 11.3. The first-order valence-corrected chi connectivity index (χ1v) is 7.42. The summed E-state index contributed by atoms with van der Waals surface area (Å²) < 4.78 is 43.3. The molecule has 24 heavy (non-hydrogen) atoms. The number of carbonyl (C=O) groups is 1. The number of alkyl halides is 3. The lowest BCUT2D eigenvalue weighted by molar-refractivity contribution is -0.138. The lowest BCUT2D eigenvalue weighted by atomic mass is 10.1. The standard InChI is InChI=1S/C19H17F3O2/c1-14-11-16(13-17(12-14)19(20,21)22)7-8-18(23)24-10-9-15-5-3-2-4-6-15/h2-8,11-13H,9-10H2,1H3/b8-7+. The Balaban J connectivity index is 1.93. The van der Waals surface area contributed by atoms with Crippen LogP contribution in [0.15, 0.2) is 54.6 Å². The molecule has 0 saturated carbocycles. The van der Waals surface area contributed by atoms with Crippen LogP contribution in [0, 0.1) is 6.92 Å². The molecule has 0 atom stereocenters. The van der Waals surface area contributed by atoms with Gasteiger partial charge < -0.3 is 4.74 Å². The summed E-state index contributed by atoms with van der Waals surface area (Å²) in [7, 11) is 0. The van der Waals surface area contributed by atoms with Crippen molar-refractivity contribution in [3.63, 3.8) is 0 Å². The van der Waals surface area contributed by atoms with Crippen LogP contribution in [-0.2, 0) is 22.1 Å². The molecule has 0 amide bonds. The van der Waals surface area contributed by atoms with Crippen molar-refractivity contribution >= 4 is 12.0 Å². The van der Waals surface area contributed by atoms with E-state index in [0.29, 0.717) is 17.5 Å². The van der Waals surface area contributed by atoms with Crippen molar-refractivity contribution < 1.29 is 22.7 Å². The second-order valence-electron chi connectivity index (χ2n) is 5.37. The molecule has 0 spiro atoms. The molecule has 2 nitrogen and oxygen atoms in total. The van der Waals surface area contributed by atoms with E-state index in [1.807, 2.05) is 30.3 Å². The highest BCUT2D eigenvalue weighted by atomic mass is 19.4. The van der Waals surface area contributed by atoms with Gasteiger partial charge in [-0.3, -0.25) is 0 Å². The largest absolute Gasteiger partial charge is 0.462 e. The maximum atomic E-state index is 12.8. The average molecular weight is 334 g/mol. The van der Waals surface area contributed by atoms with Gasteiger partial charge in [0.15, 0.2) is 0 Å². The molecule has 0 fully saturated rings. The van der Waals surface area contributed by atoms with Gasteiger partial charge in [0.05, 0.1) is 12.2 Å². The van der Waals surface area contributed by atoms with E-state index in [0.717, 1.165) is 23.8 Å². The van der Waals surface area contributed by atoms with E-state index in [9.17, 15) is 18.0 Å². The summed E-state index contributed by atoms with van der Waals surface area (Å²) in [5.74, 6) is -0.582. The first-order valence-electron chi connectivity index (χ1n) is 7.42. The molecule has 2 aromatic rings. The molecule has 0 aliphatic heterocycles. The highest BCUT2D eigenvalue weighted by Crippen LogP contribution is 2.30. The lowest BCUT2D eigenvalue weighted by Gasteiger charge is -2.08. The van der Waals surface area contributed by atoms with Crippen LogP contribution in [0.2, 0.25) is 0 Å². The summed E-state index contributed by atoms with van der Waals surface area (Å²) in [6.45, 7) is 1.79. The summed E-state index contributed by atoms with van der Waals surface area (Å²) in [5, 5.41) is 0. The van der Waals surface area contributed by atoms with Gasteiger partial charge in [0.25, 0.3) is 0 Å². The van der Waals surface area contributed by atoms with Crippen molar-refractivity contribution in [1.82, 2.24) is 0 Å². The van der Waals surface area contributed by atoms with Crippen molar-refractivity contribution in [3.05, 3.63) is 76.9 Å². The fraction of sp³-hybridized carbons (Fsp3) is 0.211. The predicted octanol–water partition coefficient (Wildman–Crippen LogP) is 4.81. The summed E-state index contributed by atoms with van der Waals surface area (Å²) in [4.78, 5) is 11.6. The van der Waals surface area contributed by atoms with Gasteiger partial charge in [-0.1, -0.05) is 36.4 Å². The molecule has 0 aliphatic carbocycles. The summed E-state index contributed by atoms with van der Waals surface area (Å²) >= 11 is 0. The number of hydrogen-bond donors (Lipinski definition) is 0. The van der Waals surface area contributed by atoms with Crippen LogP contribution in [0.3, 0.4) is 0 Å². The van der Waals surface area contributed by atoms with Crippen LogP contribution >= 0.6 is 0 Å². The topological polar surface area (TPSA) is 26.3 Å². The van der Waals surface area contributed by atoms with Crippen LogP contribution < -0.4 is 0 Å². The lowest BCUT2D eigenvalue weighted by Crippen LogP contribution is -2.06. The smallest absolute Gasteiger partial charge is 0.416 e. The number of halogens is 3. The fourth-order valence-electron chi connectivity index (χ4n) is 2.20. The zero-order chi connectivity index (χ0) is 17.6. The van der Waals surface area contributed by atoms with Crippen LogP contribution in [0.1, 0.15) is 22.3 Å². The van der Waals surface area contributed by atoms with Crippen molar-refractivity contribution in [2.45, 2.75) is 19.5 Å². The van der Waals surface area contributed by atoms with E-state index in [4.69, 9.17) is 4.74 Å². The Bertz CT molecular complexity index is 719. The highest BCUT2D eigenvalue weighted by Gasteiger charge is 2.30. The summed E-state index contributed by atoms with van der Waals surface area (Å²) in [5.41, 5.74) is 1.09. The van der Waals surface area contributed by atoms with E-state index in [-0.39, 0.29) is 6.61 Å². The van der Waals surface area contributed by atoms with Crippen molar-refractivity contribution in [1.29, 1.82) is 0 Å². The Morgan fingerprint density at radius 3 is 2.50 bits per heavy atom. The molecule has 2 aromatic carbocycles. The third kappa shape index (κ3) is 5.57. The second kappa shape index (κ2) is 7.81. The third-order valence-corrected chi connectivity index (χ3v) is 3.32.